The fourth-order valence-electron chi connectivity index (χ4n) is 7.10. The first kappa shape index (κ1) is 8.78. The van der Waals surface area contributed by atoms with Crippen LogP contribution in [0.3, 0.4) is 0 Å². The van der Waals surface area contributed by atoms with Crippen LogP contribution in [0.4, 0.5) is 0 Å². The highest BCUT2D eigenvalue weighted by atomic mass is 14.7. The minimum absolute atomic E-state index is 0.997. The van der Waals surface area contributed by atoms with Crippen LogP contribution in [0.5, 0.6) is 0 Å². The first-order valence-electron chi connectivity index (χ1n) is 7.53. The second-order valence-corrected chi connectivity index (χ2v) is 7.45. The molecule has 0 N–H and O–H groups in total. The van der Waals surface area contributed by atoms with Gasteiger partial charge in [0.05, 0.1) is 0 Å². The zero-order chi connectivity index (χ0) is 10.4. The summed E-state index contributed by atoms with van der Waals surface area (Å²) < 4.78 is 0. The number of fused-ring (bicyclic) bond motifs is 11. The predicted octanol–water partition coefficient (Wildman–Crippen LogP) is 3.88. The quantitative estimate of drug-likeness (QED) is 0.537. The van der Waals surface area contributed by atoms with Crippen LogP contribution in [0, 0.1) is 47.3 Å². The first-order chi connectivity index (χ1) is 7.84. The van der Waals surface area contributed by atoms with E-state index in [0.717, 1.165) is 47.3 Å². The maximum atomic E-state index is 4.58. The Labute approximate surface area is 98.5 Å². The van der Waals surface area contributed by atoms with Gasteiger partial charge >= 0.3 is 0 Å². The molecule has 0 heteroatoms. The van der Waals surface area contributed by atoms with Crippen LogP contribution < -0.4 is 0 Å². The van der Waals surface area contributed by atoms with Gasteiger partial charge in [-0.15, -0.1) is 0 Å². The van der Waals surface area contributed by atoms with E-state index in [0.29, 0.717) is 0 Å². The molecule has 5 fully saturated rings. The third-order valence-electron chi connectivity index (χ3n) is 7.26. The molecule has 0 aliphatic heterocycles. The molecule has 8 atom stereocenters. The van der Waals surface area contributed by atoms with E-state index in [1.165, 1.54) is 0 Å². The zero-order valence-corrected chi connectivity index (χ0v) is 10.1. The number of rotatable bonds is 0. The average molecular weight is 214 g/mol. The van der Waals surface area contributed by atoms with E-state index in [1.807, 2.05) is 0 Å². The molecule has 16 heavy (non-hydrogen) atoms. The zero-order valence-electron chi connectivity index (χ0n) is 10.1. The van der Waals surface area contributed by atoms with Crippen molar-refractivity contribution >= 4 is 0 Å². The molecule has 0 radical (unpaired) electrons. The Balaban J connectivity index is 1.62. The molecular formula is C16H22. The first-order valence-corrected chi connectivity index (χ1v) is 7.53. The molecule has 4 unspecified atom stereocenters. The molecule has 5 saturated carbocycles. The highest BCUT2D eigenvalue weighted by Crippen LogP contribution is 2.72. The van der Waals surface area contributed by atoms with Crippen LogP contribution in [0.25, 0.3) is 0 Å². The third-order valence-corrected chi connectivity index (χ3v) is 7.26. The van der Waals surface area contributed by atoms with E-state index in [-0.39, 0.29) is 0 Å². The van der Waals surface area contributed by atoms with Gasteiger partial charge in [0.15, 0.2) is 0 Å². The second-order valence-electron chi connectivity index (χ2n) is 7.45. The fraction of sp³-hybridized carbons (Fsp3) is 0.875. The Morgan fingerprint density at radius 3 is 1.62 bits per heavy atom. The number of hydrogen-bond donors (Lipinski definition) is 0. The van der Waals surface area contributed by atoms with E-state index >= 15 is 0 Å². The minimum atomic E-state index is 0.997. The van der Waals surface area contributed by atoms with Crippen LogP contribution >= 0.6 is 0 Å². The topological polar surface area (TPSA) is 0 Å². The molecule has 0 aromatic heterocycles. The standard InChI is InChI=1S/C16H22/c1-8-13-9-2-4-11(6-9)15(13)16-12-5-3-10(7-12)14(8)16/h9-16H,1-7H2/t9-,10-,11+,12+,13?,14?,15?,16?/m0/s1. The molecular weight excluding hydrogens is 192 g/mol. The summed E-state index contributed by atoms with van der Waals surface area (Å²) in [6.07, 6.45) is 9.38. The van der Waals surface area contributed by atoms with Crippen molar-refractivity contribution in [2.45, 2.75) is 38.5 Å². The summed E-state index contributed by atoms with van der Waals surface area (Å²) in [5.74, 6) is 8.63. The molecule has 5 rings (SSSR count). The maximum Gasteiger partial charge on any atom is -0.0141 e. The van der Waals surface area contributed by atoms with Crippen LogP contribution in [0.2, 0.25) is 0 Å². The third kappa shape index (κ3) is 0.772. The van der Waals surface area contributed by atoms with Crippen molar-refractivity contribution in [2.24, 2.45) is 47.3 Å². The van der Waals surface area contributed by atoms with Crippen LogP contribution in [-0.4, -0.2) is 0 Å². The Morgan fingerprint density at radius 1 is 0.688 bits per heavy atom. The van der Waals surface area contributed by atoms with Gasteiger partial charge in [0.25, 0.3) is 0 Å². The predicted molar refractivity (Wildman–Crippen MR) is 64.8 cm³/mol. The molecule has 0 spiro atoms. The molecule has 0 amide bonds. The van der Waals surface area contributed by atoms with E-state index in [1.54, 1.807) is 44.1 Å². The minimum Gasteiger partial charge on any atom is -0.0993 e. The molecule has 5 aliphatic rings. The van der Waals surface area contributed by atoms with Crippen molar-refractivity contribution in [3.63, 3.8) is 0 Å². The molecule has 86 valence electrons. The van der Waals surface area contributed by atoms with Crippen LogP contribution in [0.15, 0.2) is 12.2 Å². The van der Waals surface area contributed by atoms with Gasteiger partial charge in [0.2, 0.25) is 0 Å². The highest BCUT2D eigenvalue weighted by molar-refractivity contribution is 5.28. The summed E-state index contributed by atoms with van der Waals surface area (Å²) in [5.41, 5.74) is 1.74. The summed E-state index contributed by atoms with van der Waals surface area (Å²) in [4.78, 5) is 0. The Bertz CT molecular complexity index is 334. The van der Waals surface area contributed by atoms with Crippen molar-refractivity contribution in [3.8, 4) is 0 Å². The summed E-state index contributed by atoms with van der Waals surface area (Å²) in [5, 5.41) is 0. The van der Waals surface area contributed by atoms with Gasteiger partial charge in [-0.25, -0.2) is 0 Å². The number of allylic oxidation sites excluding steroid dienone is 1. The fourth-order valence-corrected chi connectivity index (χ4v) is 7.10. The SMILES string of the molecule is C=C1C2C(C3C1[C@H]1CC[C@@H]3C1)[C@@H]1CC[C@H]2C1. The lowest BCUT2D eigenvalue weighted by atomic mass is 9.72. The van der Waals surface area contributed by atoms with Crippen molar-refractivity contribution in [3.05, 3.63) is 12.2 Å². The van der Waals surface area contributed by atoms with Gasteiger partial charge in [-0.1, -0.05) is 12.2 Å². The summed E-state index contributed by atoms with van der Waals surface area (Å²) >= 11 is 0. The van der Waals surface area contributed by atoms with Gasteiger partial charge in [-0.05, 0) is 85.9 Å². The van der Waals surface area contributed by atoms with Crippen molar-refractivity contribution < 1.29 is 0 Å². The molecule has 0 aromatic carbocycles. The van der Waals surface area contributed by atoms with Gasteiger partial charge in [-0.2, -0.15) is 0 Å². The molecule has 5 aliphatic carbocycles. The van der Waals surface area contributed by atoms with Gasteiger partial charge in [-0.3, -0.25) is 0 Å². The summed E-state index contributed by atoms with van der Waals surface area (Å²) in [7, 11) is 0. The van der Waals surface area contributed by atoms with E-state index < -0.39 is 0 Å². The van der Waals surface area contributed by atoms with Gasteiger partial charge in [0, 0.05) is 0 Å². The van der Waals surface area contributed by atoms with Gasteiger partial charge in [0.1, 0.15) is 0 Å². The largest absolute Gasteiger partial charge is 0.0993 e. The second kappa shape index (κ2) is 2.60. The van der Waals surface area contributed by atoms with Crippen molar-refractivity contribution in [1.29, 1.82) is 0 Å². The van der Waals surface area contributed by atoms with E-state index in [9.17, 15) is 0 Å². The Morgan fingerprint density at radius 2 is 1.12 bits per heavy atom. The maximum absolute atomic E-state index is 4.58. The Hall–Kier alpha value is -0.260. The van der Waals surface area contributed by atoms with Crippen LogP contribution in [-0.2, 0) is 0 Å². The molecule has 0 aromatic rings. The molecule has 0 saturated heterocycles. The average Bonchev–Trinajstić information content (AvgIpc) is 2.98. The lowest BCUT2D eigenvalue weighted by Gasteiger charge is -2.32. The summed E-state index contributed by atoms with van der Waals surface area (Å²) in [6, 6.07) is 0. The highest BCUT2D eigenvalue weighted by Gasteiger charge is 2.64. The summed E-state index contributed by atoms with van der Waals surface area (Å²) in [6.45, 7) is 4.58. The van der Waals surface area contributed by atoms with Crippen molar-refractivity contribution in [1.82, 2.24) is 0 Å². The smallest absolute Gasteiger partial charge is 0.0141 e. The van der Waals surface area contributed by atoms with Crippen molar-refractivity contribution in [2.75, 3.05) is 0 Å². The monoisotopic (exact) mass is 214 g/mol. The van der Waals surface area contributed by atoms with E-state index in [2.05, 4.69) is 6.58 Å². The molecule has 0 heterocycles. The number of hydrogen-bond acceptors (Lipinski definition) is 0. The Kier molecular flexibility index (Phi) is 1.42. The lowest BCUT2D eigenvalue weighted by molar-refractivity contribution is 0.153. The normalized spacial score (nSPS) is 65.4. The molecule has 0 nitrogen and oxygen atoms in total. The lowest BCUT2D eigenvalue weighted by Crippen LogP contribution is -2.27. The van der Waals surface area contributed by atoms with Gasteiger partial charge < -0.3 is 0 Å². The van der Waals surface area contributed by atoms with E-state index in [4.69, 9.17) is 0 Å². The molecule has 4 bridgehead atoms. The van der Waals surface area contributed by atoms with Crippen LogP contribution in [0.1, 0.15) is 38.5 Å².